The van der Waals surface area contributed by atoms with Crippen molar-refractivity contribution in [3.63, 3.8) is 0 Å². The van der Waals surface area contributed by atoms with E-state index in [2.05, 4.69) is 14.9 Å². The SMILES string of the molecule is Fc1cc(Cl)c2nc(CN3CCN(CC(F)(F)C4CCCC4)CC3)[nH]c2c1. The lowest BCUT2D eigenvalue weighted by molar-refractivity contribution is -0.0862. The minimum Gasteiger partial charge on any atom is -0.341 e. The van der Waals surface area contributed by atoms with E-state index in [4.69, 9.17) is 11.6 Å². The molecule has 1 N–H and O–H groups in total. The number of benzene rings is 1. The average Bonchev–Trinajstić information content (AvgIpc) is 3.26. The van der Waals surface area contributed by atoms with Crippen LogP contribution in [-0.2, 0) is 6.54 Å². The molecule has 1 saturated carbocycles. The van der Waals surface area contributed by atoms with Crippen LogP contribution in [0.4, 0.5) is 13.2 Å². The molecule has 4 nitrogen and oxygen atoms in total. The van der Waals surface area contributed by atoms with Gasteiger partial charge >= 0.3 is 0 Å². The molecule has 1 aromatic heterocycles. The molecule has 0 unspecified atom stereocenters. The Bertz CT molecular complexity index is 796. The first-order valence-corrected chi connectivity index (χ1v) is 9.95. The van der Waals surface area contributed by atoms with Gasteiger partial charge < -0.3 is 4.98 Å². The third kappa shape index (κ3) is 4.25. The number of nitrogens with zero attached hydrogens (tertiary/aromatic N) is 3. The van der Waals surface area contributed by atoms with E-state index in [1.165, 1.54) is 12.1 Å². The van der Waals surface area contributed by atoms with Gasteiger partial charge in [-0.2, -0.15) is 0 Å². The highest BCUT2D eigenvalue weighted by Crippen LogP contribution is 2.38. The smallest absolute Gasteiger partial charge is 0.263 e. The lowest BCUT2D eigenvalue weighted by atomic mass is 9.99. The molecular weight excluding hydrogens is 377 g/mol. The van der Waals surface area contributed by atoms with Gasteiger partial charge in [0.2, 0.25) is 0 Å². The normalized spacial score (nSPS) is 20.7. The molecule has 1 saturated heterocycles. The molecule has 0 spiro atoms. The van der Waals surface area contributed by atoms with E-state index in [0.717, 1.165) is 12.8 Å². The third-order valence-corrected chi connectivity index (χ3v) is 6.07. The zero-order valence-corrected chi connectivity index (χ0v) is 15.9. The van der Waals surface area contributed by atoms with Crippen molar-refractivity contribution in [1.82, 2.24) is 19.8 Å². The summed E-state index contributed by atoms with van der Waals surface area (Å²) < 4.78 is 42.3. The Morgan fingerprint density at radius 1 is 1.11 bits per heavy atom. The van der Waals surface area contributed by atoms with Crippen molar-refractivity contribution in [2.24, 2.45) is 5.92 Å². The molecule has 0 atom stereocenters. The predicted molar refractivity (Wildman–Crippen MR) is 99.7 cm³/mol. The van der Waals surface area contributed by atoms with Crippen LogP contribution in [-0.4, -0.2) is 58.4 Å². The van der Waals surface area contributed by atoms with Gasteiger partial charge in [-0.15, -0.1) is 0 Å². The first-order valence-electron chi connectivity index (χ1n) is 9.57. The molecular formula is C19H24ClF3N4. The van der Waals surface area contributed by atoms with E-state index >= 15 is 0 Å². The van der Waals surface area contributed by atoms with E-state index < -0.39 is 17.7 Å². The van der Waals surface area contributed by atoms with Gasteiger partial charge in [-0.25, -0.2) is 18.2 Å². The first-order chi connectivity index (χ1) is 12.9. The topological polar surface area (TPSA) is 35.2 Å². The summed E-state index contributed by atoms with van der Waals surface area (Å²) in [5.41, 5.74) is 1.13. The number of aromatic amines is 1. The number of hydrogen-bond acceptors (Lipinski definition) is 3. The van der Waals surface area contributed by atoms with Crippen LogP contribution >= 0.6 is 11.6 Å². The highest BCUT2D eigenvalue weighted by atomic mass is 35.5. The van der Waals surface area contributed by atoms with Gasteiger partial charge in [0.15, 0.2) is 0 Å². The van der Waals surface area contributed by atoms with Gasteiger partial charge in [-0.3, -0.25) is 9.80 Å². The van der Waals surface area contributed by atoms with Crippen LogP contribution in [0, 0.1) is 11.7 Å². The van der Waals surface area contributed by atoms with Crippen molar-refractivity contribution in [3.8, 4) is 0 Å². The second kappa shape index (κ2) is 7.60. The maximum absolute atomic E-state index is 14.4. The summed E-state index contributed by atoms with van der Waals surface area (Å²) >= 11 is 6.04. The highest BCUT2D eigenvalue weighted by molar-refractivity contribution is 6.34. The van der Waals surface area contributed by atoms with Gasteiger partial charge in [-0.05, 0) is 25.0 Å². The number of piperazine rings is 1. The number of H-pyrrole nitrogens is 1. The number of nitrogens with one attached hydrogen (secondary N) is 1. The third-order valence-electron chi connectivity index (χ3n) is 5.78. The molecule has 27 heavy (non-hydrogen) atoms. The monoisotopic (exact) mass is 400 g/mol. The minimum atomic E-state index is -2.59. The van der Waals surface area contributed by atoms with E-state index in [1.807, 2.05) is 4.90 Å². The number of alkyl halides is 2. The summed E-state index contributed by atoms with van der Waals surface area (Å²) in [4.78, 5) is 11.6. The number of imidazole rings is 1. The van der Waals surface area contributed by atoms with Crippen LogP contribution in [0.1, 0.15) is 31.5 Å². The van der Waals surface area contributed by atoms with Crippen LogP contribution < -0.4 is 0 Å². The molecule has 2 aromatic rings. The number of rotatable bonds is 5. The highest BCUT2D eigenvalue weighted by Gasteiger charge is 2.42. The maximum atomic E-state index is 14.4. The minimum absolute atomic E-state index is 0.134. The zero-order chi connectivity index (χ0) is 19.0. The number of aromatic nitrogens is 2. The predicted octanol–water partition coefficient (Wildman–Crippen LogP) is 4.30. The molecule has 1 aliphatic carbocycles. The largest absolute Gasteiger partial charge is 0.341 e. The van der Waals surface area contributed by atoms with Crippen molar-refractivity contribution in [2.45, 2.75) is 38.2 Å². The second-order valence-corrected chi connectivity index (χ2v) is 8.17. The van der Waals surface area contributed by atoms with Crippen molar-refractivity contribution in [3.05, 3.63) is 28.8 Å². The summed E-state index contributed by atoms with van der Waals surface area (Å²) in [5.74, 6) is -2.73. The van der Waals surface area contributed by atoms with Crippen molar-refractivity contribution in [2.75, 3.05) is 32.7 Å². The van der Waals surface area contributed by atoms with Crippen LogP contribution in [0.2, 0.25) is 5.02 Å². The summed E-state index contributed by atoms with van der Waals surface area (Å²) in [6.07, 6.45) is 3.17. The zero-order valence-electron chi connectivity index (χ0n) is 15.2. The molecule has 2 aliphatic rings. The van der Waals surface area contributed by atoms with E-state index in [9.17, 15) is 13.2 Å². The van der Waals surface area contributed by atoms with Gasteiger partial charge in [0.25, 0.3) is 5.92 Å². The van der Waals surface area contributed by atoms with E-state index in [0.29, 0.717) is 62.4 Å². The summed E-state index contributed by atoms with van der Waals surface area (Å²) in [5, 5.41) is 0.284. The van der Waals surface area contributed by atoms with Gasteiger partial charge in [0.1, 0.15) is 17.2 Å². The Kier molecular flexibility index (Phi) is 5.36. The Morgan fingerprint density at radius 3 is 2.48 bits per heavy atom. The molecule has 1 aromatic carbocycles. The molecule has 2 fully saturated rings. The van der Waals surface area contributed by atoms with Gasteiger partial charge in [0.05, 0.1) is 23.6 Å². The van der Waals surface area contributed by atoms with Crippen LogP contribution in [0.5, 0.6) is 0 Å². The molecule has 148 valence electrons. The molecule has 8 heteroatoms. The van der Waals surface area contributed by atoms with Crippen molar-refractivity contribution in [1.29, 1.82) is 0 Å². The van der Waals surface area contributed by atoms with Crippen LogP contribution in [0.25, 0.3) is 11.0 Å². The van der Waals surface area contributed by atoms with Crippen LogP contribution in [0.15, 0.2) is 12.1 Å². The Hall–Kier alpha value is -1.31. The summed E-state index contributed by atoms with van der Waals surface area (Å²) in [6, 6.07) is 2.62. The average molecular weight is 401 g/mol. The fourth-order valence-corrected chi connectivity index (χ4v) is 4.51. The van der Waals surface area contributed by atoms with E-state index in [-0.39, 0.29) is 11.6 Å². The Labute approximate surface area is 161 Å². The molecule has 0 radical (unpaired) electrons. The fourth-order valence-electron chi connectivity index (χ4n) is 4.26. The van der Waals surface area contributed by atoms with Crippen molar-refractivity contribution < 1.29 is 13.2 Å². The number of halogens is 4. The van der Waals surface area contributed by atoms with Crippen LogP contribution in [0.3, 0.4) is 0 Å². The van der Waals surface area contributed by atoms with E-state index in [1.54, 1.807) is 0 Å². The van der Waals surface area contributed by atoms with Gasteiger partial charge in [-0.1, -0.05) is 24.4 Å². The molecule has 4 rings (SSSR count). The van der Waals surface area contributed by atoms with Gasteiger partial charge in [0, 0.05) is 32.1 Å². The molecule has 1 aliphatic heterocycles. The summed E-state index contributed by atoms with van der Waals surface area (Å²) in [6.45, 7) is 3.10. The fraction of sp³-hybridized carbons (Fsp3) is 0.632. The second-order valence-electron chi connectivity index (χ2n) is 7.76. The lowest BCUT2D eigenvalue weighted by Gasteiger charge is -2.37. The maximum Gasteiger partial charge on any atom is 0.263 e. The summed E-state index contributed by atoms with van der Waals surface area (Å²) in [7, 11) is 0. The molecule has 0 bridgehead atoms. The standard InChI is InChI=1S/C19H24ClF3N4/c20-15-9-14(21)10-16-18(15)25-17(24-16)11-26-5-7-27(8-6-26)12-19(22,23)13-3-1-2-4-13/h9-10,13H,1-8,11-12H2,(H,24,25). The Morgan fingerprint density at radius 2 is 1.78 bits per heavy atom. The molecule has 2 heterocycles. The first kappa shape index (κ1) is 19.0. The number of hydrogen-bond donors (Lipinski definition) is 1. The Balaban J connectivity index is 1.32. The lowest BCUT2D eigenvalue weighted by Crippen LogP contribution is -2.50. The number of fused-ring (bicyclic) bond motifs is 1. The van der Waals surface area contributed by atoms with Crippen molar-refractivity contribution >= 4 is 22.6 Å². The molecule has 0 amide bonds. The quantitative estimate of drug-likeness (QED) is 0.812.